The monoisotopic (exact) mass is 393 g/mol. The van der Waals surface area contributed by atoms with Crippen LogP contribution in [0.25, 0.3) is 10.9 Å². The third-order valence-electron chi connectivity index (χ3n) is 4.66. The maximum absolute atomic E-state index is 13.8. The highest BCUT2D eigenvalue weighted by atomic mass is 19.1. The molecule has 0 aliphatic carbocycles. The summed E-state index contributed by atoms with van der Waals surface area (Å²) in [5, 5.41) is 0.0556. The van der Waals surface area contributed by atoms with E-state index in [0.717, 1.165) is 23.8 Å². The lowest BCUT2D eigenvalue weighted by Crippen LogP contribution is -2.20. The molecule has 0 radical (unpaired) electrons. The van der Waals surface area contributed by atoms with E-state index in [0.29, 0.717) is 5.52 Å². The lowest BCUT2D eigenvalue weighted by molar-refractivity contribution is 0.103. The van der Waals surface area contributed by atoms with Crippen LogP contribution in [0.2, 0.25) is 0 Å². The maximum Gasteiger partial charge on any atom is 0.200 e. The summed E-state index contributed by atoms with van der Waals surface area (Å²) < 4.78 is 41.8. The standard InChI is InChI=1S/C23H14F3NO2/c24-16-5-1-14(2-6-16)12-27-13-20(22(28)15-3-7-17(25)8-4-15)23(29)19-11-18(26)9-10-21(19)27/h1-11,13H,12H2. The number of carbonyl (C=O) groups is 1. The number of pyridine rings is 1. The molecule has 0 N–H and O–H groups in total. The molecular weight excluding hydrogens is 379 g/mol. The summed E-state index contributed by atoms with van der Waals surface area (Å²) in [6, 6.07) is 14.4. The van der Waals surface area contributed by atoms with E-state index in [1.807, 2.05) is 0 Å². The molecule has 0 saturated heterocycles. The van der Waals surface area contributed by atoms with Gasteiger partial charge in [0.25, 0.3) is 0 Å². The van der Waals surface area contributed by atoms with Gasteiger partial charge >= 0.3 is 0 Å². The summed E-state index contributed by atoms with van der Waals surface area (Å²) in [5.41, 5.74) is 0.561. The maximum atomic E-state index is 13.8. The summed E-state index contributed by atoms with van der Waals surface area (Å²) in [7, 11) is 0. The summed E-state index contributed by atoms with van der Waals surface area (Å²) in [4.78, 5) is 25.8. The Morgan fingerprint density at radius 1 is 0.793 bits per heavy atom. The number of rotatable bonds is 4. The van der Waals surface area contributed by atoms with Crippen molar-refractivity contribution in [1.82, 2.24) is 4.57 Å². The van der Waals surface area contributed by atoms with Crippen molar-refractivity contribution < 1.29 is 18.0 Å². The molecule has 0 atom stereocenters. The Morgan fingerprint density at radius 2 is 1.38 bits per heavy atom. The van der Waals surface area contributed by atoms with Gasteiger partial charge in [0, 0.05) is 23.7 Å². The second-order valence-electron chi connectivity index (χ2n) is 6.62. The number of hydrogen-bond acceptors (Lipinski definition) is 2. The minimum absolute atomic E-state index is 0.0556. The van der Waals surface area contributed by atoms with E-state index in [1.54, 1.807) is 16.7 Å². The van der Waals surface area contributed by atoms with E-state index >= 15 is 0 Å². The quantitative estimate of drug-likeness (QED) is 0.472. The van der Waals surface area contributed by atoms with Gasteiger partial charge in [0.15, 0.2) is 5.78 Å². The number of nitrogens with zero attached hydrogens (tertiary/aromatic N) is 1. The summed E-state index contributed by atoms with van der Waals surface area (Å²) >= 11 is 0. The molecular formula is C23H14F3NO2. The molecule has 0 spiro atoms. The van der Waals surface area contributed by atoms with Crippen molar-refractivity contribution in [3.8, 4) is 0 Å². The van der Waals surface area contributed by atoms with Crippen molar-refractivity contribution in [2.24, 2.45) is 0 Å². The van der Waals surface area contributed by atoms with E-state index in [4.69, 9.17) is 0 Å². The fourth-order valence-corrected chi connectivity index (χ4v) is 3.21. The van der Waals surface area contributed by atoms with Gasteiger partial charge in [0.2, 0.25) is 5.43 Å². The first-order valence-electron chi connectivity index (χ1n) is 8.80. The number of halogens is 3. The van der Waals surface area contributed by atoms with Gasteiger partial charge in [-0.15, -0.1) is 0 Å². The average Bonchev–Trinajstić information content (AvgIpc) is 2.72. The van der Waals surface area contributed by atoms with Crippen LogP contribution >= 0.6 is 0 Å². The molecule has 0 saturated carbocycles. The number of aromatic nitrogens is 1. The zero-order valence-corrected chi connectivity index (χ0v) is 15.0. The van der Waals surface area contributed by atoms with Gasteiger partial charge in [-0.3, -0.25) is 9.59 Å². The molecule has 3 nitrogen and oxygen atoms in total. The summed E-state index contributed by atoms with van der Waals surface area (Å²) in [5.74, 6) is -2.08. The van der Waals surface area contributed by atoms with Crippen LogP contribution in [0.1, 0.15) is 21.5 Å². The smallest absolute Gasteiger partial charge is 0.200 e. The molecule has 29 heavy (non-hydrogen) atoms. The van der Waals surface area contributed by atoms with Crippen molar-refractivity contribution in [1.29, 1.82) is 0 Å². The molecule has 144 valence electrons. The van der Waals surface area contributed by atoms with Gasteiger partial charge in [-0.2, -0.15) is 0 Å². The van der Waals surface area contributed by atoms with Crippen LogP contribution in [0.4, 0.5) is 13.2 Å². The Bertz CT molecular complexity index is 1280. The molecule has 0 unspecified atom stereocenters. The van der Waals surface area contributed by atoms with E-state index in [1.165, 1.54) is 42.6 Å². The highest BCUT2D eigenvalue weighted by molar-refractivity contribution is 6.10. The first-order valence-corrected chi connectivity index (χ1v) is 8.80. The molecule has 0 fully saturated rings. The zero-order chi connectivity index (χ0) is 20.5. The Labute approximate surface area is 163 Å². The molecule has 4 rings (SSSR count). The van der Waals surface area contributed by atoms with Crippen LogP contribution in [0.15, 0.2) is 77.7 Å². The van der Waals surface area contributed by atoms with Crippen molar-refractivity contribution in [2.45, 2.75) is 6.54 Å². The molecule has 0 aliphatic rings. The Kier molecular flexibility index (Phi) is 4.76. The Balaban J connectivity index is 1.89. The normalized spacial score (nSPS) is 11.0. The second-order valence-corrected chi connectivity index (χ2v) is 6.62. The lowest BCUT2D eigenvalue weighted by atomic mass is 10.0. The first kappa shape index (κ1) is 18.7. The van der Waals surface area contributed by atoms with Gasteiger partial charge in [-0.05, 0) is 60.2 Å². The SMILES string of the molecule is O=C(c1ccc(F)cc1)c1cn(Cc2ccc(F)cc2)c2ccc(F)cc2c1=O. The van der Waals surface area contributed by atoms with Gasteiger partial charge in [-0.25, -0.2) is 13.2 Å². The number of benzene rings is 3. The van der Waals surface area contributed by atoms with E-state index in [9.17, 15) is 22.8 Å². The average molecular weight is 393 g/mol. The molecule has 6 heteroatoms. The van der Waals surface area contributed by atoms with Crippen LogP contribution in [0.5, 0.6) is 0 Å². The number of ketones is 1. The largest absolute Gasteiger partial charge is 0.342 e. The Hall–Kier alpha value is -3.67. The van der Waals surface area contributed by atoms with Crippen molar-refractivity contribution in [3.63, 3.8) is 0 Å². The topological polar surface area (TPSA) is 39.1 Å². The van der Waals surface area contributed by atoms with Crippen LogP contribution in [-0.2, 0) is 6.54 Å². The predicted molar refractivity (Wildman–Crippen MR) is 104 cm³/mol. The van der Waals surface area contributed by atoms with E-state index in [2.05, 4.69) is 0 Å². The number of carbonyl (C=O) groups excluding carboxylic acids is 1. The zero-order valence-electron chi connectivity index (χ0n) is 15.0. The number of hydrogen-bond donors (Lipinski definition) is 0. The van der Waals surface area contributed by atoms with Crippen LogP contribution in [0.3, 0.4) is 0 Å². The second kappa shape index (κ2) is 7.39. The van der Waals surface area contributed by atoms with Crippen molar-refractivity contribution in [2.75, 3.05) is 0 Å². The molecule has 3 aromatic carbocycles. The minimum atomic E-state index is -0.607. The molecule has 1 aromatic heterocycles. The summed E-state index contributed by atoms with van der Waals surface area (Å²) in [6.07, 6.45) is 1.40. The Morgan fingerprint density at radius 3 is 2.03 bits per heavy atom. The van der Waals surface area contributed by atoms with Crippen LogP contribution in [0, 0.1) is 17.5 Å². The molecule has 0 aliphatic heterocycles. The van der Waals surface area contributed by atoms with E-state index < -0.39 is 22.8 Å². The fraction of sp³-hybridized carbons (Fsp3) is 0.0435. The molecule has 4 aromatic rings. The summed E-state index contributed by atoms with van der Waals surface area (Å²) in [6.45, 7) is 0.242. The van der Waals surface area contributed by atoms with Crippen molar-refractivity contribution >= 4 is 16.7 Å². The fourth-order valence-electron chi connectivity index (χ4n) is 3.21. The highest BCUT2D eigenvalue weighted by Gasteiger charge is 2.18. The third-order valence-corrected chi connectivity index (χ3v) is 4.66. The molecule has 1 heterocycles. The van der Waals surface area contributed by atoms with Crippen LogP contribution in [-0.4, -0.2) is 10.4 Å². The van der Waals surface area contributed by atoms with Gasteiger partial charge < -0.3 is 4.57 Å². The van der Waals surface area contributed by atoms with Gasteiger partial charge in [0.1, 0.15) is 17.5 Å². The molecule has 0 bridgehead atoms. The van der Waals surface area contributed by atoms with Gasteiger partial charge in [-0.1, -0.05) is 12.1 Å². The predicted octanol–water partition coefficient (Wildman–Crippen LogP) is 4.70. The molecule has 0 amide bonds. The van der Waals surface area contributed by atoms with Crippen molar-refractivity contribution in [3.05, 3.63) is 117 Å². The van der Waals surface area contributed by atoms with Crippen LogP contribution < -0.4 is 5.43 Å². The van der Waals surface area contributed by atoms with E-state index in [-0.39, 0.29) is 28.9 Å². The minimum Gasteiger partial charge on any atom is -0.342 e. The number of fused-ring (bicyclic) bond motifs is 1. The van der Waals surface area contributed by atoms with Gasteiger partial charge in [0.05, 0.1) is 11.1 Å². The lowest BCUT2D eigenvalue weighted by Gasteiger charge is -2.14. The first-order chi connectivity index (χ1) is 13.9. The third kappa shape index (κ3) is 3.69. The highest BCUT2D eigenvalue weighted by Crippen LogP contribution is 2.18.